The van der Waals surface area contributed by atoms with Crippen molar-refractivity contribution < 1.29 is 9.18 Å². The molecular weight excluding hydrogens is 285 g/mol. The van der Waals surface area contributed by atoms with Crippen LogP contribution in [0.1, 0.15) is 21.5 Å². The van der Waals surface area contributed by atoms with E-state index in [1.807, 2.05) is 37.3 Å². The fourth-order valence-corrected chi connectivity index (χ4v) is 2.69. The number of halogens is 1. The van der Waals surface area contributed by atoms with Gasteiger partial charge in [0.25, 0.3) is 5.91 Å². The van der Waals surface area contributed by atoms with Crippen molar-refractivity contribution in [1.82, 2.24) is 5.32 Å². The van der Waals surface area contributed by atoms with Gasteiger partial charge in [-0.3, -0.25) is 4.79 Å². The van der Waals surface area contributed by atoms with Crippen LogP contribution in [0.25, 0.3) is 0 Å². The van der Waals surface area contributed by atoms with E-state index < -0.39 is 0 Å². The van der Waals surface area contributed by atoms with Gasteiger partial charge in [-0.1, -0.05) is 35.9 Å². The van der Waals surface area contributed by atoms with Crippen molar-refractivity contribution >= 4 is 17.7 Å². The van der Waals surface area contributed by atoms with Crippen molar-refractivity contribution in [2.24, 2.45) is 0 Å². The topological polar surface area (TPSA) is 29.1 Å². The lowest BCUT2D eigenvalue weighted by molar-refractivity contribution is 0.0956. The summed E-state index contributed by atoms with van der Waals surface area (Å²) < 4.78 is 13.4. The van der Waals surface area contributed by atoms with Crippen LogP contribution in [0.15, 0.2) is 48.5 Å². The molecular formula is C17H18FNOS. The molecule has 0 fully saturated rings. The molecule has 0 unspecified atom stereocenters. The van der Waals surface area contributed by atoms with Gasteiger partial charge in [0.1, 0.15) is 5.82 Å². The molecule has 0 heterocycles. The normalized spacial score (nSPS) is 10.4. The van der Waals surface area contributed by atoms with Gasteiger partial charge in [0, 0.05) is 23.6 Å². The lowest BCUT2D eigenvalue weighted by Crippen LogP contribution is -2.25. The first-order valence-corrected chi connectivity index (χ1v) is 7.98. The van der Waals surface area contributed by atoms with E-state index in [1.54, 1.807) is 23.9 Å². The Balaban J connectivity index is 1.69. The maximum absolute atomic E-state index is 13.4. The summed E-state index contributed by atoms with van der Waals surface area (Å²) in [5.74, 6) is 1.13. The summed E-state index contributed by atoms with van der Waals surface area (Å²) in [6.07, 6.45) is 0. The first kappa shape index (κ1) is 15.6. The predicted molar refractivity (Wildman–Crippen MR) is 86.1 cm³/mol. The largest absolute Gasteiger partial charge is 0.351 e. The summed E-state index contributed by atoms with van der Waals surface area (Å²) in [7, 11) is 0. The second-order valence-electron chi connectivity index (χ2n) is 4.77. The maximum Gasteiger partial charge on any atom is 0.251 e. The van der Waals surface area contributed by atoms with Gasteiger partial charge in [0.05, 0.1) is 0 Å². The summed E-state index contributed by atoms with van der Waals surface area (Å²) in [5, 5.41) is 2.87. The number of hydrogen-bond donors (Lipinski definition) is 1. The summed E-state index contributed by atoms with van der Waals surface area (Å²) in [4.78, 5) is 11.9. The van der Waals surface area contributed by atoms with E-state index in [1.165, 1.54) is 6.07 Å². The van der Waals surface area contributed by atoms with E-state index in [0.29, 0.717) is 23.4 Å². The zero-order valence-electron chi connectivity index (χ0n) is 11.9. The molecule has 0 atom stereocenters. The molecule has 2 aromatic rings. The van der Waals surface area contributed by atoms with Crippen LogP contribution in [0.2, 0.25) is 0 Å². The molecule has 1 amide bonds. The van der Waals surface area contributed by atoms with Gasteiger partial charge >= 0.3 is 0 Å². The molecule has 0 spiro atoms. The van der Waals surface area contributed by atoms with Crippen molar-refractivity contribution in [1.29, 1.82) is 0 Å². The molecule has 2 nitrogen and oxygen atoms in total. The molecule has 0 saturated carbocycles. The minimum absolute atomic E-state index is 0.0681. The highest BCUT2D eigenvalue weighted by molar-refractivity contribution is 7.98. The Morgan fingerprint density at radius 1 is 1.14 bits per heavy atom. The number of benzene rings is 2. The third-order valence-electron chi connectivity index (χ3n) is 3.06. The lowest BCUT2D eigenvalue weighted by atomic mass is 10.1. The summed E-state index contributed by atoms with van der Waals surface area (Å²) in [5.41, 5.74) is 2.50. The number of thioether (sulfide) groups is 1. The van der Waals surface area contributed by atoms with Crippen molar-refractivity contribution in [3.05, 3.63) is 71.0 Å². The second kappa shape index (κ2) is 7.84. The van der Waals surface area contributed by atoms with Crippen LogP contribution < -0.4 is 5.32 Å². The van der Waals surface area contributed by atoms with Crippen molar-refractivity contribution in [3.8, 4) is 0 Å². The van der Waals surface area contributed by atoms with Crippen molar-refractivity contribution in [2.45, 2.75) is 12.7 Å². The molecule has 0 saturated heterocycles. The van der Waals surface area contributed by atoms with E-state index in [2.05, 4.69) is 5.32 Å². The van der Waals surface area contributed by atoms with Crippen LogP contribution in [0.3, 0.4) is 0 Å². The van der Waals surface area contributed by atoms with Crippen LogP contribution in [-0.2, 0) is 5.75 Å². The number of aryl methyl sites for hydroxylation is 1. The van der Waals surface area contributed by atoms with E-state index in [0.717, 1.165) is 11.3 Å². The highest BCUT2D eigenvalue weighted by atomic mass is 32.2. The molecule has 21 heavy (non-hydrogen) atoms. The molecule has 0 bridgehead atoms. The molecule has 2 aromatic carbocycles. The third-order valence-corrected chi connectivity index (χ3v) is 4.07. The third kappa shape index (κ3) is 4.90. The van der Waals surface area contributed by atoms with Crippen molar-refractivity contribution in [3.63, 3.8) is 0 Å². The van der Waals surface area contributed by atoms with Gasteiger partial charge in [0.2, 0.25) is 0 Å². The first-order valence-electron chi connectivity index (χ1n) is 6.83. The second-order valence-corrected chi connectivity index (χ2v) is 5.87. The van der Waals surface area contributed by atoms with Gasteiger partial charge in [0.15, 0.2) is 0 Å². The van der Waals surface area contributed by atoms with Gasteiger partial charge in [-0.2, -0.15) is 11.8 Å². The highest BCUT2D eigenvalue weighted by Gasteiger charge is 2.04. The minimum Gasteiger partial charge on any atom is -0.351 e. The van der Waals surface area contributed by atoms with E-state index >= 15 is 0 Å². The van der Waals surface area contributed by atoms with E-state index in [4.69, 9.17) is 0 Å². The molecule has 1 N–H and O–H groups in total. The molecule has 0 radical (unpaired) electrons. The van der Waals surface area contributed by atoms with Crippen LogP contribution >= 0.6 is 11.8 Å². The van der Waals surface area contributed by atoms with Gasteiger partial charge in [-0.05, 0) is 30.7 Å². The van der Waals surface area contributed by atoms with Crippen LogP contribution in [-0.4, -0.2) is 18.2 Å². The number of nitrogens with one attached hydrogen (secondary N) is 1. The minimum atomic E-state index is -0.173. The van der Waals surface area contributed by atoms with Crippen LogP contribution in [0.5, 0.6) is 0 Å². The Morgan fingerprint density at radius 3 is 2.57 bits per heavy atom. The van der Waals surface area contributed by atoms with E-state index in [9.17, 15) is 9.18 Å². The fraction of sp³-hybridized carbons (Fsp3) is 0.235. The average Bonchev–Trinajstić information content (AvgIpc) is 2.49. The number of amides is 1. The summed E-state index contributed by atoms with van der Waals surface area (Å²) >= 11 is 1.61. The Labute approximate surface area is 128 Å². The standard InChI is InChI=1S/C17H18FNOS/c1-13-6-8-14(9-7-13)17(20)19-10-11-21-12-15-4-2-3-5-16(15)18/h2-9H,10-12H2,1H3,(H,19,20). The smallest absolute Gasteiger partial charge is 0.251 e. The highest BCUT2D eigenvalue weighted by Crippen LogP contribution is 2.14. The van der Waals surface area contributed by atoms with Gasteiger partial charge in [-0.15, -0.1) is 0 Å². The first-order chi connectivity index (χ1) is 10.2. The van der Waals surface area contributed by atoms with Gasteiger partial charge in [-0.25, -0.2) is 4.39 Å². The fourth-order valence-electron chi connectivity index (χ4n) is 1.84. The summed E-state index contributed by atoms with van der Waals surface area (Å²) in [6, 6.07) is 14.2. The Kier molecular flexibility index (Phi) is 5.81. The SMILES string of the molecule is Cc1ccc(C(=O)NCCSCc2ccccc2F)cc1. The monoisotopic (exact) mass is 303 g/mol. The van der Waals surface area contributed by atoms with E-state index in [-0.39, 0.29) is 11.7 Å². The van der Waals surface area contributed by atoms with Crippen LogP contribution in [0.4, 0.5) is 4.39 Å². The molecule has 0 aliphatic rings. The number of hydrogen-bond acceptors (Lipinski definition) is 2. The Hall–Kier alpha value is -1.81. The van der Waals surface area contributed by atoms with Crippen molar-refractivity contribution in [2.75, 3.05) is 12.3 Å². The molecule has 4 heteroatoms. The summed E-state index contributed by atoms with van der Waals surface area (Å²) in [6.45, 7) is 2.56. The molecule has 0 aliphatic carbocycles. The molecule has 0 aliphatic heterocycles. The number of carbonyl (C=O) groups is 1. The number of rotatable bonds is 6. The zero-order valence-corrected chi connectivity index (χ0v) is 12.8. The lowest BCUT2D eigenvalue weighted by Gasteiger charge is -2.06. The van der Waals surface area contributed by atoms with Crippen LogP contribution in [0, 0.1) is 12.7 Å². The number of carbonyl (C=O) groups excluding carboxylic acids is 1. The Bertz CT molecular complexity index is 598. The molecule has 0 aromatic heterocycles. The predicted octanol–water partition coefficient (Wildman–Crippen LogP) is 3.80. The maximum atomic E-state index is 13.4. The quantitative estimate of drug-likeness (QED) is 0.823. The van der Waals surface area contributed by atoms with Gasteiger partial charge < -0.3 is 5.32 Å². The average molecular weight is 303 g/mol. The Morgan fingerprint density at radius 2 is 1.86 bits per heavy atom. The molecule has 2 rings (SSSR count). The zero-order chi connectivity index (χ0) is 15.1. The molecule has 110 valence electrons.